The van der Waals surface area contributed by atoms with Gasteiger partial charge in [-0.2, -0.15) is 0 Å². The van der Waals surface area contributed by atoms with E-state index in [0.717, 1.165) is 10.8 Å². The van der Waals surface area contributed by atoms with E-state index in [9.17, 15) is 4.79 Å². The van der Waals surface area contributed by atoms with Gasteiger partial charge in [0.05, 0.1) is 0 Å². The quantitative estimate of drug-likeness (QED) is 0.460. The standard InChI is InChI=1S/C14H13ClO2/c1-9-3-4-12-8-13(6-5-11(12)7-9)17-14(16)10(2)15/h3-8,10H,1-2H3. The van der Waals surface area contributed by atoms with E-state index in [1.165, 1.54) is 5.56 Å². The lowest BCUT2D eigenvalue weighted by atomic mass is 10.1. The molecule has 1 unspecified atom stereocenters. The van der Waals surface area contributed by atoms with Crippen molar-refractivity contribution in [3.63, 3.8) is 0 Å². The second-order valence-corrected chi connectivity index (χ2v) is 4.70. The largest absolute Gasteiger partial charge is 0.425 e. The average Bonchev–Trinajstić information content (AvgIpc) is 2.29. The Morgan fingerprint density at radius 2 is 1.82 bits per heavy atom. The Hall–Kier alpha value is -1.54. The zero-order chi connectivity index (χ0) is 12.4. The first-order valence-electron chi connectivity index (χ1n) is 5.42. The monoisotopic (exact) mass is 248 g/mol. The molecule has 0 aliphatic rings. The van der Waals surface area contributed by atoms with E-state index in [2.05, 4.69) is 6.07 Å². The molecule has 2 rings (SSSR count). The van der Waals surface area contributed by atoms with Crippen LogP contribution in [0.5, 0.6) is 5.75 Å². The van der Waals surface area contributed by atoms with E-state index in [4.69, 9.17) is 16.3 Å². The number of fused-ring (bicyclic) bond motifs is 1. The van der Waals surface area contributed by atoms with Crippen LogP contribution in [0.25, 0.3) is 10.8 Å². The van der Waals surface area contributed by atoms with Gasteiger partial charge in [-0.3, -0.25) is 4.79 Å². The Morgan fingerprint density at radius 1 is 1.18 bits per heavy atom. The van der Waals surface area contributed by atoms with Gasteiger partial charge in [-0.1, -0.05) is 29.8 Å². The average molecular weight is 249 g/mol. The molecule has 0 aliphatic heterocycles. The zero-order valence-electron chi connectivity index (χ0n) is 9.74. The van der Waals surface area contributed by atoms with Gasteiger partial charge in [0.1, 0.15) is 11.1 Å². The van der Waals surface area contributed by atoms with Crippen molar-refractivity contribution in [2.45, 2.75) is 19.2 Å². The number of aryl methyl sites for hydroxylation is 1. The molecule has 0 bridgehead atoms. The molecule has 17 heavy (non-hydrogen) atoms. The highest BCUT2D eigenvalue weighted by Gasteiger charge is 2.11. The zero-order valence-corrected chi connectivity index (χ0v) is 10.5. The van der Waals surface area contributed by atoms with Crippen LogP contribution in [0.3, 0.4) is 0 Å². The summed E-state index contributed by atoms with van der Waals surface area (Å²) >= 11 is 5.64. The third kappa shape index (κ3) is 2.77. The summed E-state index contributed by atoms with van der Waals surface area (Å²) in [7, 11) is 0. The predicted molar refractivity (Wildman–Crippen MR) is 69.6 cm³/mol. The molecule has 0 aromatic heterocycles. The molecular weight excluding hydrogens is 236 g/mol. The minimum absolute atomic E-state index is 0.432. The highest BCUT2D eigenvalue weighted by molar-refractivity contribution is 6.29. The lowest BCUT2D eigenvalue weighted by molar-refractivity contribution is -0.133. The number of alkyl halides is 1. The van der Waals surface area contributed by atoms with Crippen molar-refractivity contribution in [3.8, 4) is 5.75 Å². The fraction of sp³-hybridized carbons (Fsp3) is 0.214. The van der Waals surface area contributed by atoms with Crippen molar-refractivity contribution in [3.05, 3.63) is 42.0 Å². The second-order valence-electron chi connectivity index (χ2n) is 4.05. The SMILES string of the molecule is Cc1ccc2cc(OC(=O)C(C)Cl)ccc2c1. The van der Waals surface area contributed by atoms with Crippen molar-refractivity contribution in [1.82, 2.24) is 0 Å². The number of benzene rings is 2. The van der Waals surface area contributed by atoms with E-state index in [-0.39, 0.29) is 0 Å². The Labute approximate surface area is 105 Å². The molecule has 0 saturated carbocycles. The summed E-state index contributed by atoms with van der Waals surface area (Å²) in [5.74, 6) is 0.0944. The molecule has 0 amide bonds. The minimum Gasteiger partial charge on any atom is -0.425 e. The van der Waals surface area contributed by atoms with E-state index in [1.54, 1.807) is 13.0 Å². The molecule has 0 radical (unpaired) electrons. The van der Waals surface area contributed by atoms with E-state index >= 15 is 0 Å². The van der Waals surface area contributed by atoms with E-state index < -0.39 is 11.3 Å². The first kappa shape index (κ1) is 11.9. The Morgan fingerprint density at radius 3 is 2.53 bits per heavy atom. The summed E-state index contributed by atoms with van der Waals surface area (Å²) in [4.78, 5) is 11.3. The molecule has 0 saturated heterocycles. The van der Waals surface area contributed by atoms with Crippen LogP contribution in [-0.2, 0) is 4.79 Å². The molecule has 0 spiro atoms. The van der Waals surface area contributed by atoms with Crippen LogP contribution in [0.4, 0.5) is 0 Å². The van der Waals surface area contributed by atoms with Gasteiger partial charge in [0.15, 0.2) is 0 Å². The van der Waals surface area contributed by atoms with Gasteiger partial charge in [0.25, 0.3) is 0 Å². The maximum absolute atomic E-state index is 11.3. The number of ether oxygens (including phenoxy) is 1. The van der Waals surface area contributed by atoms with Gasteiger partial charge >= 0.3 is 5.97 Å². The third-order valence-corrected chi connectivity index (χ3v) is 2.69. The first-order valence-corrected chi connectivity index (χ1v) is 5.86. The van der Waals surface area contributed by atoms with E-state index in [1.807, 2.05) is 31.2 Å². The topological polar surface area (TPSA) is 26.3 Å². The Kier molecular flexibility index (Phi) is 3.34. The number of carbonyl (C=O) groups excluding carboxylic acids is 1. The van der Waals surface area contributed by atoms with Crippen LogP contribution in [0, 0.1) is 6.92 Å². The lowest BCUT2D eigenvalue weighted by Gasteiger charge is -2.07. The lowest BCUT2D eigenvalue weighted by Crippen LogP contribution is -2.17. The number of hydrogen-bond acceptors (Lipinski definition) is 2. The van der Waals surface area contributed by atoms with Crippen LogP contribution in [0.2, 0.25) is 0 Å². The molecule has 2 aromatic rings. The highest BCUT2D eigenvalue weighted by atomic mass is 35.5. The maximum Gasteiger partial charge on any atom is 0.329 e. The Bertz CT molecular complexity index is 561. The van der Waals surface area contributed by atoms with Gasteiger partial charge in [-0.05, 0) is 36.8 Å². The molecule has 1 atom stereocenters. The van der Waals surface area contributed by atoms with Crippen LogP contribution in [0.15, 0.2) is 36.4 Å². The van der Waals surface area contributed by atoms with Crippen LogP contribution in [-0.4, -0.2) is 11.3 Å². The molecule has 2 nitrogen and oxygen atoms in total. The number of hydrogen-bond donors (Lipinski definition) is 0. The highest BCUT2D eigenvalue weighted by Crippen LogP contribution is 2.22. The summed E-state index contributed by atoms with van der Waals surface area (Å²) in [6, 6.07) is 11.7. The van der Waals surface area contributed by atoms with Crippen LogP contribution >= 0.6 is 11.6 Å². The normalized spacial score (nSPS) is 12.4. The number of carbonyl (C=O) groups is 1. The van der Waals surface area contributed by atoms with Crippen molar-refractivity contribution in [2.75, 3.05) is 0 Å². The molecule has 3 heteroatoms. The minimum atomic E-state index is -0.635. The third-order valence-electron chi connectivity index (χ3n) is 2.51. The Balaban J connectivity index is 2.32. The van der Waals surface area contributed by atoms with Crippen LogP contribution in [0.1, 0.15) is 12.5 Å². The molecule has 0 N–H and O–H groups in total. The van der Waals surface area contributed by atoms with Gasteiger partial charge < -0.3 is 4.74 Å². The molecule has 2 aromatic carbocycles. The van der Waals surface area contributed by atoms with Gasteiger partial charge in [0.2, 0.25) is 0 Å². The molecule has 0 aliphatic carbocycles. The number of halogens is 1. The summed E-state index contributed by atoms with van der Waals surface area (Å²) in [6.07, 6.45) is 0. The fourth-order valence-corrected chi connectivity index (χ4v) is 1.65. The molecular formula is C14H13ClO2. The summed E-state index contributed by atoms with van der Waals surface area (Å²) in [5.41, 5.74) is 1.21. The van der Waals surface area contributed by atoms with Gasteiger partial charge in [-0.15, -0.1) is 11.6 Å². The maximum atomic E-state index is 11.3. The predicted octanol–water partition coefficient (Wildman–Crippen LogP) is 3.68. The van der Waals surface area contributed by atoms with Crippen LogP contribution < -0.4 is 4.74 Å². The first-order chi connectivity index (χ1) is 8.06. The summed E-state index contributed by atoms with van der Waals surface area (Å²) in [5, 5.41) is 1.54. The molecule has 0 fully saturated rings. The van der Waals surface area contributed by atoms with Crippen molar-refractivity contribution in [1.29, 1.82) is 0 Å². The molecule has 88 valence electrons. The summed E-state index contributed by atoms with van der Waals surface area (Å²) in [6.45, 7) is 3.64. The second kappa shape index (κ2) is 4.76. The van der Waals surface area contributed by atoms with Crippen molar-refractivity contribution >= 4 is 28.3 Å². The number of esters is 1. The van der Waals surface area contributed by atoms with Gasteiger partial charge in [0, 0.05) is 0 Å². The van der Waals surface area contributed by atoms with Crippen molar-refractivity contribution in [2.24, 2.45) is 0 Å². The number of rotatable bonds is 2. The molecule has 0 heterocycles. The fourth-order valence-electron chi connectivity index (χ4n) is 1.60. The van der Waals surface area contributed by atoms with E-state index in [0.29, 0.717) is 5.75 Å². The van der Waals surface area contributed by atoms with Crippen molar-refractivity contribution < 1.29 is 9.53 Å². The summed E-state index contributed by atoms with van der Waals surface area (Å²) < 4.78 is 5.14. The van der Waals surface area contributed by atoms with Gasteiger partial charge in [-0.25, -0.2) is 0 Å². The smallest absolute Gasteiger partial charge is 0.329 e.